The molecule has 2 aromatic rings. The molecule has 0 aliphatic carbocycles. The van der Waals surface area contributed by atoms with E-state index in [-0.39, 0.29) is 6.42 Å². The zero-order valence-electron chi connectivity index (χ0n) is 20.9. The summed E-state index contributed by atoms with van der Waals surface area (Å²) in [6.07, 6.45) is -1.76. The number of H-pyrrole nitrogens is 1. The molecule has 1 heterocycles. The smallest absolute Gasteiger partial charge is 0.328 e. The highest BCUT2D eigenvalue weighted by Crippen LogP contribution is 2.19. The van der Waals surface area contributed by atoms with Crippen molar-refractivity contribution in [2.75, 3.05) is 0 Å². The first-order chi connectivity index (χ1) is 18.3. The number of aromatic amines is 1. The Morgan fingerprint density at radius 2 is 1.51 bits per heavy atom. The Morgan fingerprint density at radius 1 is 0.897 bits per heavy atom. The van der Waals surface area contributed by atoms with Crippen LogP contribution in [0.25, 0.3) is 10.9 Å². The number of aliphatic hydroxyl groups excluding tert-OH is 1. The van der Waals surface area contributed by atoms with E-state index in [4.69, 9.17) is 15.9 Å². The highest BCUT2D eigenvalue weighted by atomic mass is 16.4. The average molecular weight is 550 g/mol. The summed E-state index contributed by atoms with van der Waals surface area (Å²) in [7, 11) is 0. The number of para-hydroxylation sites is 1. The fourth-order valence-corrected chi connectivity index (χ4v) is 3.74. The van der Waals surface area contributed by atoms with E-state index in [0.717, 1.165) is 12.4 Å². The van der Waals surface area contributed by atoms with Gasteiger partial charge in [-0.3, -0.25) is 24.0 Å². The lowest BCUT2D eigenvalue weighted by atomic mass is 10.0. The van der Waals surface area contributed by atoms with Crippen molar-refractivity contribution in [1.29, 1.82) is 0 Å². The van der Waals surface area contributed by atoms with Gasteiger partial charge in [0.05, 0.1) is 18.6 Å². The second-order valence-electron chi connectivity index (χ2n) is 8.89. The van der Waals surface area contributed by atoms with Crippen LogP contribution in [0.5, 0.6) is 0 Å². The van der Waals surface area contributed by atoms with Crippen LogP contribution in [0.15, 0.2) is 30.5 Å². The summed E-state index contributed by atoms with van der Waals surface area (Å²) < 4.78 is 0. The Labute approximate surface area is 221 Å². The maximum atomic E-state index is 13.2. The first-order valence-corrected chi connectivity index (χ1v) is 11.9. The van der Waals surface area contributed by atoms with E-state index < -0.39 is 85.2 Å². The molecule has 1 aromatic carbocycles. The Morgan fingerprint density at radius 3 is 2.10 bits per heavy atom. The number of aliphatic carboxylic acids is 3. The molecule has 15 nitrogen and oxygen atoms in total. The normalized spacial score (nSPS) is 14.8. The Bertz CT molecular complexity index is 1230. The van der Waals surface area contributed by atoms with E-state index in [1.807, 2.05) is 0 Å². The number of amides is 3. The molecule has 0 aliphatic heterocycles. The number of fused-ring (bicyclic) bond motifs is 1. The van der Waals surface area contributed by atoms with Gasteiger partial charge in [0.2, 0.25) is 17.7 Å². The first-order valence-electron chi connectivity index (χ1n) is 11.9. The van der Waals surface area contributed by atoms with Gasteiger partial charge in [-0.1, -0.05) is 18.2 Å². The SMILES string of the molecule is CC(O)C(NC(=O)C(Cc1c[nH]c2ccccc12)NC(=O)C(CCC(=O)O)NC(=O)C(N)CC(=O)O)C(=O)O. The maximum absolute atomic E-state index is 13.2. The van der Waals surface area contributed by atoms with Crippen molar-refractivity contribution in [2.45, 2.75) is 62.9 Å². The number of hydrogen-bond donors (Lipinski definition) is 9. The molecule has 5 atom stereocenters. The summed E-state index contributed by atoms with van der Waals surface area (Å²) in [5.41, 5.74) is 6.84. The summed E-state index contributed by atoms with van der Waals surface area (Å²) >= 11 is 0. The molecule has 39 heavy (non-hydrogen) atoms. The zero-order valence-corrected chi connectivity index (χ0v) is 20.9. The van der Waals surface area contributed by atoms with Crippen LogP contribution < -0.4 is 21.7 Å². The summed E-state index contributed by atoms with van der Waals surface area (Å²) in [4.78, 5) is 75.1. The van der Waals surface area contributed by atoms with Gasteiger partial charge in [0.15, 0.2) is 6.04 Å². The number of nitrogens with two attached hydrogens (primary N) is 1. The third kappa shape index (κ3) is 9.08. The number of hydrogen-bond acceptors (Lipinski definition) is 8. The van der Waals surface area contributed by atoms with Crippen molar-refractivity contribution in [3.63, 3.8) is 0 Å². The Balaban J connectivity index is 2.34. The van der Waals surface area contributed by atoms with Gasteiger partial charge in [-0.2, -0.15) is 0 Å². The molecule has 0 saturated heterocycles. The number of carboxylic acid groups (broad SMARTS) is 3. The second kappa shape index (κ2) is 13.9. The minimum Gasteiger partial charge on any atom is -0.481 e. The van der Waals surface area contributed by atoms with Crippen LogP contribution in [0.2, 0.25) is 0 Å². The predicted octanol–water partition coefficient (Wildman–Crippen LogP) is -1.70. The third-order valence-electron chi connectivity index (χ3n) is 5.79. The van der Waals surface area contributed by atoms with Crippen molar-refractivity contribution in [2.24, 2.45) is 5.73 Å². The van der Waals surface area contributed by atoms with Gasteiger partial charge in [-0.05, 0) is 25.0 Å². The van der Waals surface area contributed by atoms with Crippen molar-refractivity contribution in [1.82, 2.24) is 20.9 Å². The average Bonchev–Trinajstić information content (AvgIpc) is 3.26. The highest BCUT2D eigenvalue weighted by Gasteiger charge is 2.32. The highest BCUT2D eigenvalue weighted by molar-refractivity contribution is 5.95. The zero-order chi connectivity index (χ0) is 29.3. The Kier molecular flexibility index (Phi) is 10.9. The lowest BCUT2D eigenvalue weighted by Crippen LogP contribution is -2.58. The summed E-state index contributed by atoms with van der Waals surface area (Å²) in [5, 5.41) is 44.5. The lowest BCUT2D eigenvalue weighted by Gasteiger charge is -2.25. The molecule has 1 aromatic heterocycles. The fraction of sp³-hybridized carbons (Fsp3) is 0.417. The molecule has 5 unspecified atom stereocenters. The van der Waals surface area contributed by atoms with Crippen molar-refractivity contribution < 1.29 is 49.2 Å². The van der Waals surface area contributed by atoms with Gasteiger partial charge in [-0.15, -0.1) is 0 Å². The van der Waals surface area contributed by atoms with Gasteiger partial charge in [0.25, 0.3) is 0 Å². The van der Waals surface area contributed by atoms with E-state index in [1.165, 1.54) is 0 Å². The van der Waals surface area contributed by atoms with Crippen LogP contribution in [-0.2, 0) is 35.2 Å². The predicted molar refractivity (Wildman–Crippen MR) is 134 cm³/mol. The number of carboxylic acids is 3. The van der Waals surface area contributed by atoms with Crippen LogP contribution >= 0.6 is 0 Å². The van der Waals surface area contributed by atoms with Crippen molar-refractivity contribution in [3.8, 4) is 0 Å². The van der Waals surface area contributed by atoms with Crippen LogP contribution in [0, 0.1) is 0 Å². The molecule has 0 spiro atoms. The van der Waals surface area contributed by atoms with Crippen LogP contribution in [0.1, 0.15) is 31.7 Å². The molecule has 15 heteroatoms. The topological polar surface area (TPSA) is 261 Å². The van der Waals surface area contributed by atoms with E-state index in [9.17, 15) is 39.0 Å². The quantitative estimate of drug-likeness (QED) is 0.121. The van der Waals surface area contributed by atoms with Crippen molar-refractivity contribution >= 4 is 46.5 Å². The fourth-order valence-electron chi connectivity index (χ4n) is 3.74. The molecule has 0 aliphatic rings. The monoisotopic (exact) mass is 549 g/mol. The number of aromatic nitrogens is 1. The number of carbonyl (C=O) groups excluding carboxylic acids is 3. The van der Waals surface area contributed by atoms with Gasteiger partial charge in [0.1, 0.15) is 12.1 Å². The maximum Gasteiger partial charge on any atom is 0.328 e. The van der Waals surface area contributed by atoms with E-state index in [1.54, 1.807) is 30.5 Å². The van der Waals surface area contributed by atoms with Crippen LogP contribution in [0.3, 0.4) is 0 Å². The Hall–Kier alpha value is -4.50. The third-order valence-corrected chi connectivity index (χ3v) is 5.79. The summed E-state index contributed by atoms with van der Waals surface area (Å²) in [6, 6.07) is 0.893. The van der Waals surface area contributed by atoms with E-state index >= 15 is 0 Å². The van der Waals surface area contributed by atoms with Gasteiger partial charge >= 0.3 is 17.9 Å². The molecule has 0 saturated carbocycles. The number of aliphatic hydroxyl groups is 1. The van der Waals surface area contributed by atoms with Gasteiger partial charge < -0.3 is 47.1 Å². The summed E-state index contributed by atoms with van der Waals surface area (Å²) in [6.45, 7) is 1.16. The molecular weight excluding hydrogens is 518 g/mol. The molecule has 2 rings (SSSR count). The van der Waals surface area contributed by atoms with Crippen LogP contribution in [-0.4, -0.2) is 91.3 Å². The second-order valence-corrected chi connectivity index (χ2v) is 8.89. The molecule has 212 valence electrons. The number of rotatable bonds is 15. The molecule has 3 amide bonds. The first kappa shape index (κ1) is 30.7. The molecular formula is C24H31N5O10. The minimum atomic E-state index is -1.70. The van der Waals surface area contributed by atoms with Crippen molar-refractivity contribution in [3.05, 3.63) is 36.0 Å². The summed E-state index contributed by atoms with van der Waals surface area (Å²) in [5.74, 6) is -7.16. The van der Waals surface area contributed by atoms with E-state index in [0.29, 0.717) is 10.9 Å². The largest absolute Gasteiger partial charge is 0.481 e. The minimum absolute atomic E-state index is 0.147. The molecule has 10 N–H and O–H groups in total. The number of nitrogens with one attached hydrogen (secondary N) is 4. The molecule has 0 bridgehead atoms. The van der Waals surface area contributed by atoms with Gasteiger partial charge in [0, 0.05) is 29.9 Å². The van der Waals surface area contributed by atoms with Crippen LogP contribution in [0.4, 0.5) is 0 Å². The molecule has 0 radical (unpaired) electrons. The van der Waals surface area contributed by atoms with Gasteiger partial charge in [-0.25, -0.2) is 4.79 Å². The molecule has 0 fully saturated rings. The lowest BCUT2D eigenvalue weighted by molar-refractivity contribution is -0.145. The number of benzene rings is 1. The standard InChI is InChI=1S/C24H31N5O10/c1-11(30)20(24(38)39)29-23(37)17(8-12-10-26-15-5-3-2-4-13(12)15)28-22(36)16(6-7-18(31)32)27-21(35)14(25)9-19(33)34/h2-5,10-11,14,16-17,20,26,30H,6-9,25H2,1H3,(H,27,35)(H,28,36)(H,29,37)(H,31,32)(H,33,34)(H,38,39). The number of carbonyl (C=O) groups is 6. The van der Waals surface area contributed by atoms with E-state index in [2.05, 4.69) is 20.9 Å².